The molecule has 1 N–H and O–H groups in total. The van der Waals surface area contributed by atoms with E-state index in [1.807, 2.05) is 6.92 Å². The van der Waals surface area contributed by atoms with Gasteiger partial charge in [0.1, 0.15) is 17.3 Å². The molecule has 0 atom stereocenters. The van der Waals surface area contributed by atoms with Crippen LogP contribution < -0.4 is 15.6 Å². The molecule has 12 heteroatoms. The van der Waals surface area contributed by atoms with Crippen molar-refractivity contribution in [1.29, 1.82) is 0 Å². The average Bonchev–Trinajstić information content (AvgIpc) is 3.67. The second-order valence-electron chi connectivity index (χ2n) is 8.91. The molecule has 0 saturated heterocycles. The standard InChI is InChI=1S/C27H22F2N6O3S/c1-14-8-9-35(26(37)15(14)2)22-11-17(18-10-20(24(28)29)30-13-21(18)38-3)19(12-31-22)25(36)32-27-34-33-23(39-27)7-6-16-4-5-16/h8-13,16,24H,4-5H2,1-3H3,(H,32,34,36). The Bertz CT molecular complexity index is 1700. The van der Waals surface area contributed by atoms with Gasteiger partial charge in [-0.05, 0) is 56.4 Å². The van der Waals surface area contributed by atoms with Gasteiger partial charge in [0, 0.05) is 35.0 Å². The van der Waals surface area contributed by atoms with Crippen LogP contribution >= 0.6 is 11.3 Å². The summed E-state index contributed by atoms with van der Waals surface area (Å²) in [5.74, 6) is 6.18. The molecular formula is C27H22F2N6O3S. The predicted molar refractivity (Wildman–Crippen MR) is 142 cm³/mol. The van der Waals surface area contributed by atoms with Gasteiger partial charge in [0.2, 0.25) is 5.13 Å². The maximum absolute atomic E-state index is 13.6. The molecule has 0 aromatic carbocycles. The molecule has 198 valence electrons. The number of carbonyl (C=O) groups excluding carboxylic acids is 1. The lowest BCUT2D eigenvalue weighted by atomic mass is 10.00. The Labute approximate surface area is 225 Å². The summed E-state index contributed by atoms with van der Waals surface area (Å²) in [6.45, 7) is 3.51. The van der Waals surface area contributed by atoms with Crippen LogP contribution in [0.2, 0.25) is 0 Å². The van der Waals surface area contributed by atoms with Crippen LogP contribution in [0.15, 0.2) is 41.6 Å². The molecule has 0 spiro atoms. The smallest absolute Gasteiger partial charge is 0.280 e. The predicted octanol–water partition coefficient (Wildman–Crippen LogP) is 4.72. The van der Waals surface area contributed by atoms with E-state index in [2.05, 4.69) is 37.3 Å². The highest BCUT2D eigenvalue weighted by Gasteiger charge is 2.23. The topological polar surface area (TPSA) is 112 Å². The zero-order chi connectivity index (χ0) is 27.7. The van der Waals surface area contributed by atoms with Crippen LogP contribution in [0.3, 0.4) is 0 Å². The summed E-state index contributed by atoms with van der Waals surface area (Å²) < 4.78 is 33.9. The van der Waals surface area contributed by atoms with Crippen LogP contribution in [-0.2, 0) is 0 Å². The third-order valence-corrected chi connectivity index (χ3v) is 6.97. The van der Waals surface area contributed by atoms with E-state index in [9.17, 15) is 18.4 Å². The highest BCUT2D eigenvalue weighted by molar-refractivity contribution is 7.15. The van der Waals surface area contributed by atoms with Crippen molar-refractivity contribution < 1.29 is 18.3 Å². The van der Waals surface area contributed by atoms with E-state index >= 15 is 0 Å². The first-order chi connectivity index (χ1) is 18.7. The number of hydrogen-bond acceptors (Lipinski definition) is 8. The van der Waals surface area contributed by atoms with Crippen LogP contribution in [0, 0.1) is 31.6 Å². The minimum absolute atomic E-state index is 0.0427. The molecule has 1 amide bonds. The minimum Gasteiger partial charge on any atom is -0.494 e. The van der Waals surface area contributed by atoms with Crippen molar-refractivity contribution >= 4 is 22.4 Å². The van der Waals surface area contributed by atoms with Crippen LogP contribution in [0.4, 0.5) is 13.9 Å². The van der Waals surface area contributed by atoms with E-state index in [-0.39, 0.29) is 38.9 Å². The largest absolute Gasteiger partial charge is 0.494 e. The Balaban J connectivity index is 1.60. The number of nitrogens with one attached hydrogen (secondary N) is 1. The van der Waals surface area contributed by atoms with Crippen molar-refractivity contribution in [3.63, 3.8) is 0 Å². The number of alkyl halides is 2. The van der Waals surface area contributed by atoms with E-state index < -0.39 is 18.0 Å². The maximum atomic E-state index is 13.6. The van der Waals surface area contributed by atoms with Crippen molar-refractivity contribution in [1.82, 2.24) is 24.7 Å². The highest BCUT2D eigenvalue weighted by atomic mass is 32.1. The molecule has 0 radical (unpaired) electrons. The molecule has 0 unspecified atom stereocenters. The molecule has 1 aliphatic carbocycles. The molecule has 5 rings (SSSR count). The molecule has 1 saturated carbocycles. The van der Waals surface area contributed by atoms with E-state index in [1.165, 1.54) is 23.9 Å². The molecule has 4 heterocycles. The van der Waals surface area contributed by atoms with Gasteiger partial charge < -0.3 is 4.74 Å². The Morgan fingerprint density at radius 1 is 1.18 bits per heavy atom. The van der Waals surface area contributed by atoms with Crippen molar-refractivity contribution in [3.05, 3.63) is 74.5 Å². The number of anilines is 1. The Morgan fingerprint density at radius 2 is 1.97 bits per heavy atom. The fourth-order valence-corrected chi connectivity index (χ4v) is 4.32. The van der Waals surface area contributed by atoms with Gasteiger partial charge in [-0.2, -0.15) is 0 Å². The van der Waals surface area contributed by atoms with Gasteiger partial charge in [0.05, 0.1) is 18.9 Å². The highest BCUT2D eigenvalue weighted by Crippen LogP contribution is 2.35. The first-order valence-corrected chi connectivity index (χ1v) is 12.7. The third kappa shape index (κ3) is 5.53. The minimum atomic E-state index is -2.85. The summed E-state index contributed by atoms with van der Waals surface area (Å²) in [5.41, 5.74) is 0.977. The number of nitrogens with zero attached hydrogens (tertiary/aromatic N) is 5. The number of aryl methyl sites for hydroxylation is 1. The normalized spacial score (nSPS) is 12.7. The van der Waals surface area contributed by atoms with Gasteiger partial charge in [-0.15, -0.1) is 10.2 Å². The molecule has 39 heavy (non-hydrogen) atoms. The van der Waals surface area contributed by atoms with Gasteiger partial charge in [-0.25, -0.2) is 13.8 Å². The van der Waals surface area contributed by atoms with Gasteiger partial charge >= 0.3 is 0 Å². The average molecular weight is 549 g/mol. The second kappa shape index (κ2) is 10.7. The number of ether oxygens (including phenoxy) is 1. The van der Waals surface area contributed by atoms with Crippen LogP contribution in [0.5, 0.6) is 5.75 Å². The van der Waals surface area contributed by atoms with Crippen molar-refractivity contribution in [2.75, 3.05) is 12.4 Å². The van der Waals surface area contributed by atoms with E-state index in [4.69, 9.17) is 4.74 Å². The molecule has 4 aromatic heterocycles. The SMILES string of the molecule is COc1cnc(C(F)F)cc1-c1cc(-n2ccc(C)c(C)c2=O)ncc1C(=O)Nc1nnc(C#CC2CC2)s1. The van der Waals surface area contributed by atoms with E-state index in [0.29, 0.717) is 16.5 Å². The number of methoxy groups -OCH3 is 1. The van der Waals surface area contributed by atoms with Crippen LogP contribution in [0.1, 0.15) is 51.5 Å². The number of amides is 1. The number of carbonyl (C=O) groups is 1. The number of rotatable bonds is 6. The monoisotopic (exact) mass is 548 g/mol. The summed E-state index contributed by atoms with van der Waals surface area (Å²) >= 11 is 1.12. The Hall–Kier alpha value is -4.50. The van der Waals surface area contributed by atoms with Crippen LogP contribution in [-0.4, -0.2) is 37.7 Å². The van der Waals surface area contributed by atoms with Gasteiger partial charge in [-0.3, -0.25) is 24.5 Å². The molecule has 0 aliphatic heterocycles. The van der Waals surface area contributed by atoms with Gasteiger partial charge in [0.15, 0.2) is 5.01 Å². The zero-order valence-electron chi connectivity index (χ0n) is 21.2. The summed E-state index contributed by atoms with van der Waals surface area (Å²) in [7, 11) is 1.36. The Kier molecular flexibility index (Phi) is 7.17. The fourth-order valence-electron chi connectivity index (χ4n) is 3.72. The summed E-state index contributed by atoms with van der Waals surface area (Å²) in [4.78, 5) is 34.5. The van der Waals surface area contributed by atoms with Crippen molar-refractivity contribution in [2.24, 2.45) is 5.92 Å². The maximum Gasteiger partial charge on any atom is 0.280 e. The fraction of sp³-hybridized carbons (Fsp3) is 0.259. The molecule has 1 fully saturated rings. The first-order valence-electron chi connectivity index (χ1n) is 11.9. The quantitative estimate of drug-likeness (QED) is 0.347. The van der Waals surface area contributed by atoms with Crippen LogP contribution in [0.25, 0.3) is 16.9 Å². The summed E-state index contributed by atoms with van der Waals surface area (Å²) in [6.07, 6.45) is 3.29. The molecule has 1 aliphatic rings. The lowest BCUT2D eigenvalue weighted by molar-refractivity contribution is 0.102. The van der Waals surface area contributed by atoms with E-state index in [1.54, 1.807) is 19.2 Å². The van der Waals surface area contributed by atoms with Crippen molar-refractivity contribution in [2.45, 2.75) is 33.1 Å². The second-order valence-corrected chi connectivity index (χ2v) is 9.88. The molecule has 0 bridgehead atoms. The first kappa shape index (κ1) is 26.1. The molecule has 9 nitrogen and oxygen atoms in total. The number of pyridine rings is 3. The Morgan fingerprint density at radius 3 is 2.69 bits per heavy atom. The van der Waals surface area contributed by atoms with Gasteiger partial charge in [-0.1, -0.05) is 17.3 Å². The number of aromatic nitrogens is 5. The number of halogens is 2. The van der Waals surface area contributed by atoms with E-state index in [0.717, 1.165) is 42.0 Å². The lowest BCUT2D eigenvalue weighted by Gasteiger charge is -2.16. The summed E-state index contributed by atoms with van der Waals surface area (Å²) in [6, 6.07) is 4.39. The molecular weight excluding hydrogens is 526 g/mol. The zero-order valence-corrected chi connectivity index (χ0v) is 22.0. The van der Waals surface area contributed by atoms with Gasteiger partial charge in [0.25, 0.3) is 17.9 Å². The summed E-state index contributed by atoms with van der Waals surface area (Å²) in [5, 5.41) is 11.3. The lowest BCUT2D eigenvalue weighted by Crippen LogP contribution is -2.22. The van der Waals surface area contributed by atoms with Crippen molar-refractivity contribution in [3.8, 4) is 34.5 Å². The number of hydrogen-bond donors (Lipinski definition) is 1. The third-order valence-electron chi connectivity index (χ3n) is 6.21. The molecule has 4 aromatic rings.